The molecule has 0 amide bonds. The molecule has 0 radical (unpaired) electrons. The first-order valence-corrected chi connectivity index (χ1v) is 6.11. The molecule has 1 aromatic rings. The maximum atomic E-state index is 12.5. The Balaban J connectivity index is 2.71. The van der Waals surface area contributed by atoms with Gasteiger partial charge in [0, 0.05) is 10.1 Å². The number of thioether (sulfide) groups is 1. The highest BCUT2D eigenvalue weighted by Crippen LogP contribution is 2.33. The van der Waals surface area contributed by atoms with Crippen molar-refractivity contribution in [3.63, 3.8) is 0 Å². The van der Waals surface area contributed by atoms with Crippen LogP contribution in [0.1, 0.15) is 18.9 Å². The molecular weight excluding hydrogens is 265 g/mol. The maximum Gasteiger partial charge on any atom is 0.416 e. The number of ether oxygens (including phenoxy) is 1. The predicted molar refractivity (Wildman–Crippen MR) is 63.4 cm³/mol. The van der Waals surface area contributed by atoms with Crippen LogP contribution in [0.4, 0.5) is 13.2 Å². The lowest BCUT2D eigenvalue weighted by Crippen LogP contribution is -2.09. The predicted octanol–water partition coefficient (Wildman–Crippen LogP) is 3.75. The number of methoxy groups -OCH3 is 1. The number of hydrogen-bond acceptors (Lipinski definition) is 3. The first-order valence-electron chi connectivity index (χ1n) is 5.23. The van der Waals surface area contributed by atoms with E-state index in [1.165, 1.54) is 24.9 Å². The van der Waals surface area contributed by atoms with Crippen LogP contribution in [-0.4, -0.2) is 18.3 Å². The van der Waals surface area contributed by atoms with E-state index < -0.39 is 11.7 Å². The van der Waals surface area contributed by atoms with Crippen molar-refractivity contribution in [2.24, 2.45) is 0 Å². The zero-order valence-electron chi connectivity index (χ0n) is 9.95. The minimum atomic E-state index is -4.35. The highest BCUT2D eigenvalue weighted by molar-refractivity contribution is 8.00. The lowest BCUT2D eigenvalue weighted by Gasteiger charge is -2.12. The maximum absolute atomic E-state index is 12.5. The van der Waals surface area contributed by atoms with Gasteiger partial charge in [0.05, 0.1) is 19.1 Å². The van der Waals surface area contributed by atoms with Gasteiger partial charge < -0.3 is 4.74 Å². The number of carbonyl (C=O) groups excluding carboxylic acids is 1. The van der Waals surface area contributed by atoms with Crippen molar-refractivity contribution in [2.45, 2.75) is 29.7 Å². The minimum Gasteiger partial charge on any atom is -0.469 e. The third-order valence-electron chi connectivity index (χ3n) is 2.18. The molecule has 0 aromatic heterocycles. The molecule has 100 valence electrons. The summed E-state index contributed by atoms with van der Waals surface area (Å²) in [7, 11) is 1.28. The van der Waals surface area contributed by atoms with Crippen molar-refractivity contribution in [1.82, 2.24) is 0 Å². The van der Waals surface area contributed by atoms with Gasteiger partial charge in [-0.05, 0) is 18.2 Å². The van der Waals surface area contributed by atoms with Crippen LogP contribution >= 0.6 is 11.8 Å². The Morgan fingerprint density at radius 1 is 1.44 bits per heavy atom. The number of esters is 1. The average Bonchev–Trinajstić information content (AvgIpc) is 2.27. The average molecular weight is 278 g/mol. The summed E-state index contributed by atoms with van der Waals surface area (Å²) in [6.45, 7) is 1.77. The largest absolute Gasteiger partial charge is 0.469 e. The molecule has 0 aliphatic carbocycles. The summed E-state index contributed by atoms with van der Waals surface area (Å²) >= 11 is 1.22. The summed E-state index contributed by atoms with van der Waals surface area (Å²) in [5.41, 5.74) is -0.683. The van der Waals surface area contributed by atoms with E-state index in [0.29, 0.717) is 4.90 Å². The highest BCUT2D eigenvalue weighted by atomic mass is 32.2. The molecule has 6 heteroatoms. The quantitative estimate of drug-likeness (QED) is 0.620. The molecule has 0 aliphatic heterocycles. The van der Waals surface area contributed by atoms with Crippen LogP contribution in [0, 0.1) is 0 Å². The molecule has 0 heterocycles. The Morgan fingerprint density at radius 2 is 2.11 bits per heavy atom. The second kappa shape index (κ2) is 6.13. The Kier molecular flexibility index (Phi) is 5.07. The summed E-state index contributed by atoms with van der Waals surface area (Å²) in [6.07, 6.45) is -4.18. The smallest absolute Gasteiger partial charge is 0.416 e. The van der Waals surface area contributed by atoms with Crippen molar-refractivity contribution in [1.29, 1.82) is 0 Å². The van der Waals surface area contributed by atoms with Gasteiger partial charge in [0.15, 0.2) is 0 Å². The summed E-state index contributed by atoms with van der Waals surface area (Å²) in [6, 6.07) is 5.05. The van der Waals surface area contributed by atoms with E-state index in [9.17, 15) is 18.0 Å². The van der Waals surface area contributed by atoms with Gasteiger partial charge in [-0.25, -0.2) is 0 Å². The molecule has 0 aliphatic rings. The van der Waals surface area contributed by atoms with E-state index in [0.717, 1.165) is 12.1 Å². The van der Waals surface area contributed by atoms with Gasteiger partial charge in [-0.2, -0.15) is 13.2 Å². The van der Waals surface area contributed by atoms with Gasteiger partial charge in [-0.3, -0.25) is 4.79 Å². The first kappa shape index (κ1) is 14.9. The molecule has 0 saturated carbocycles. The van der Waals surface area contributed by atoms with E-state index >= 15 is 0 Å². The second-order valence-electron chi connectivity index (χ2n) is 3.73. The normalized spacial score (nSPS) is 13.2. The fourth-order valence-corrected chi connectivity index (χ4v) is 2.37. The molecular formula is C12H13F3O2S. The summed E-state index contributed by atoms with van der Waals surface area (Å²) in [4.78, 5) is 11.5. The van der Waals surface area contributed by atoms with Gasteiger partial charge in [-0.1, -0.05) is 13.0 Å². The zero-order chi connectivity index (χ0) is 13.8. The van der Waals surface area contributed by atoms with Crippen LogP contribution in [0.5, 0.6) is 0 Å². The monoisotopic (exact) mass is 278 g/mol. The number of alkyl halides is 3. The van der Waals surface area contributed by atoms with Crippen LogP contribution in [0.2, 0.25) is 0 Å². The van der Waals surface area contributed by atoms with E-state index in [4.69, 9.17) is 0 Å². The van der Waals surface area contributed by atoms with Gasteiger partial charge in [0.25, 0.3) is 0 Å². The molecule has 0 spiro atoms. The Hall–Kier alpha value is -1.17. The second-order valence-corrected chi connectivity index (χ2v) is 5.25. The van der Waals surface area contributed by atoms with Crippen LogP contribution < -0.4 is 0 Å². The molecule has 18 heavy (non-hydrogen) atoms. The third-order valence-corrected chi connectivity index (χ3v) is 3.28. The third kappa shape index (κ3) is 4.60. The minimum absolute atomic E-state index is 0.138. The Morgan fingerprint density at radius 3 is 2.67 bits per heavy atom. The van der Waals surface area contributed by atoms with Gasteiger partial charge in [0.1, 0.15) is 0 Å². The molecule has 1 unspecified atom stereocenters. The lowest BCUT2D eigenvalue weighted by molar-refractivity contribution is -0.140. The highest BCUT2D eigenvalue weighted by Gasteiger charge is 2.30. The van der Waals surface area contributed by atoms with E-state index in [1.54, 1.807) is 13.0 Å². The molecule has 0 fully saturated rings. The fourth-order valence-electron chi connectivity index (χ4n) is 1.34. The van der Waals surface area contributed by atoms with Crippen LogP contribution in [0.3, 0.4) is 0 Å². The number of carbonyl (C=O) groups is 1. The number of hydrogen-bond donors (Lipinski definition) is 0. The summed E-state index contributed by atoms with van der Waals surface area (Å²) in [5.74, 6) is -0.373. The van der Waals surface area contributed by atoms with Crippen molar-refractivity contribution < 1.29 is 22.7 Å². The number of halogens is 3. The molecule has 2 nitrogen and oxygen atoms in total. The van der Waals surface area contributed by atoms with Crippen LogP contribution in [-0.2, 0) is 15.7 Å². The zero-order valence-corrected chi connectivity index (χ0v) is 10.8. The molecule has 1 aromatic carbocycles. The summed E-state index contributed by atoms with van der Waals surface area (Å²) in [5, 5.41) is -0.138. The van der Waals surface area contributed by atoms with Crippen LogP contribution in [0.25, 0.3) is 0 Å². The molecule has 0 bridgehead atoms. The fraction of sp³-hybridized carbons (Fsp3) is 0.417. The molecule has 0 saturated heterocycles. The van der Waals surface area contributed by atoms with E-state index in [1.807, 2.05) is 0 Å². The SMILES string of the molecule is COC(=O)CC(C)Sc1cccc(C(F)(F)F)c1. The van der Waals surface area contributed by atoms with Crippen molar-refractivity contribution in [2.75, 3.05) is 7.11 Å². The topological polar surface area (TPSA) is 26.3 Å². The van der Waals surface area contributed by atoms with Gasteiger partial charge >= 0.3 is 12.1 Å². The summed E-state index contributed by atoms with van der Waals surface area (Å²) < 4.78 is 42.0. The van der Waals surface area contributed by atoms with Crippen molar-refractivity contribution >= 4 is 17.7 Å². The Bertz CT molecular complexity index is 418. The Labute approximate surface area is 108 Å². The van der Waals surface area contributed by atoms with Crippen LogP contribution in [0.15, 0.2) is 29.2 Å². The van der Waals surface area contributed by atoms with E-state index in [-0.39, 0.29) is 17.6 Å². The van der Waals surface area contributed by atoms with Crippen molar-refractivity contribution in [3.05, 3.63) is 29.8 Å². The molecule has 1 rings (SSSR count). The number of benzene rings is 1. The molecule has 0 N–H and O–H groups in total. The molecule has 1 atom stereocenters. The first-order chi connectivity index (χ1) is 8.32. The van der Waals surface area contributed by atoms with Crippen molar-refractivity contribution in [3.8, 4) is 0 Å². The lowest BCUT2D eigenvalue weighted by atomic mass is 10.2. The van der Waals surface area contributed by atoms with Gasteiger partial charge in [0.2, 0.25) is 0 Å². The van der Waals surface area contributed by atoms with Gasteiger partial charge in [-0.15, -0.1) is 11.8 Å². The number of rotatable bonds is 4. The van der Waals surface area contributed by atoms with E-state index in [2.05, 4.69) is 4.74 Å². The standard InChI is InChI=1S/C12H13F3O2S/c1-8(6-11(16)17-2)18-10-5-3-4-9(7-10)12(13,14)15/h3-5,7-8H,6H2,1-2H3.